The van der Waals surface area contributed by atoms with Gasteiger partial charge in [-0.1, -0.05) is 80.9 Å². The lowest BCUT2D eigenvalue weighted by Crippen LogP contribution is -2.25. The summed E-state index contributed by atoms with van der Waals surface area (Å²) in [7, 11) is 0. The summed E-state index contributed by atoms with van der Waals surface area (Å²) in [4.78, 5) is 0. The van der Waals surface area contributed by atoms with Crippen molar-refractivity contribution in [3.63, 3.8) is 0 Å². The van der Waals surface area contributed by atoms with Crippen molar-refractivity contribution in [2.24, 2.45) is 17.8 Å². The highest BCUT2D eigenvalue weighted by atomic mass is 14.4. The van der Waals surface area contributed by atoms with Gasteiger partial charge in [0.1, 0.15) is 0 Å². The molecule has 0 amide bonds. The first kappa shape index (κ1) is 25.8. The third-order valence-electron chi connectivity index (χ3n) is 8.87. The average Bonchev–Trinajstić information content (AvgIpc) is 2.92. The van der Waals surface area contributed by atoms with Crippen molar-refractivity contribution in [1.82, 2.24) is 0 Å². The van der Waals surface area contributed by atoms with Crippen molar-refractivity contribution in [3.8, 4) is 11.8 Å². The Morgan fingerprint density at radius 2 is 1.49 bits per heavy atom. The van der Waals surface area contributed by atoms with Gasteiger partial charge in [0.15, 0.2) is 0 Å². The average molecular weight is 467 g/mol. The minimum atomic E-state index is 0.682. The molecule has 0 radical (unpaired) electrons. The summed E-state index contributed by atoms with van der Waals surface area (Å²) in [6, 6.07) is 17.9. The van der Waals surface area contributed by atoms with E-state index in [1.165, 1.54) is 107 Å². The first-order chi connectivity index (χ1) is 17.3. The minimum absolute atomic E-state index is 0.682. The number of allylic oxidation sites excluding steroid dienone is 1. The Bertz CT molecular complexity index is 953. The van der Waals surface area contributed by atoms with Gasteiger partial charge in [0.05, 0.1) is 0 Å². The fourth-order valence-electron chi connectivity index (χ4n) is 6.64. The summed E-state index contributed by atoms with van der Waals surface area (Å²) < 4.78 is 0. The lowest BCUT2D eigenvalue weighted by atomic mass is 9.67. The van der Waals surface area contributed by atoms with Crippen LogP contribution in [-0.4, -0.2) is 0 Å². The van der Waals surface area contributed by atoms with Gasteiger partial charge in [0.2, 0.25) is 0 Å². The normalized spacial score (nSPS) is 24.4. The van der Waals surface area contributed by atoms with Crippen LogP contribution in [0.1, 0.15) is 119 Å². The number of benzene rings is 2. The van der Waals surface area contributed by atoms with Crippen LogP contribution in [0.15, 0.2) is 61.2 Å². The molecule has 35 heavy (non-hydrogen) atoms. The van der Waals surface area contributed by atoms with Crippen LogP contribution >= 0.6 is 0 Å². The highest BCUT2D eigenvalue weighted by molar-refractivity contribution is 5.48. The van der Waals surface area contributed by atoms with Crippen LogP contribution in [0.25, 0.3) is 0 Å². The quantitative estimate of drug-likeness (QED) is 0.196. The molecular formula is C35H46. The number of unbranched alkanes of at least 4 members (excludes halogenated alkanes) is 2. The lowest BCUT2D eigenvalue weighted by molar-refractivity contribution is 0.157. The molecule has 0 nitrogen and oxygen atoms in total. The van der Waals surface area contributed by atoms with Crippen LogP contribution in [0.2, 0.25) is 0 Å². The van der Waals surface area contributed by atoms with Crippen LogP contribution in [-0.2, 0) is 6.42 Å². The molecule has 0 aliphatic heterocycles. The molecule has 2 saturated carbocycles. The monoisotopic (exact) mass is 466 g/mol. The number of rotatable bonds is 9. The van der Waals surface area contributed by atoms with Crippen molar-refractivity contribution in [2.75, 3.05) is 0 Å². The Hall–Kier alpha value is -2.26. The van der Waals surface area contributed by atoms with E-state index < -0.39 is 0 Å². The van der Waals surface area contributed by atoms with Gasteiger partial charge in [-0.2, -0.15) is 0 Å². The predicted octanol–water partition coefficient (Wildman–Crippen LogP) is 9.87. The van der Waals surface area contributed by atoms with E-state index in [2.05, 4.69) is 80.0 Å². The summed E-state index contributed by atoms with van der Waals surface area (Å²) >= 11 is 0. The van der Waals surface area contributed by atoms with Crippen LogP contribution in [0.5, 0.6) is 0 Å². The van der Waals surface area contributed by atoms with Crippen molar-refractivity contribution >= 4 is 0 Å². The Labute approximate surface area is 215 Å². The summed E-state index contributed by atoms with van der Waals surface area (Å²) in [5.74, 6) is 10.6. The summed E-state index contributed by atoms with van der Waals surface area (Å²) in [5.41, 5.74) is 5.30. The number of hydrogen-bond acceptors (Lipinski definition) is 0. The van der Waals surface area contributed by atoms with Gasteiger partial charge in [-0.05, 0) is 117 Å². The Balaban J connectivity index is 1.31. The van der Waals surface area contributed by atoms with E-state index in [1.807, 2.05) is 0 Å². The Morgan fingerprint density at radius 3 is 2.17 bits per heavy atom. The first-order valence-electron chi connectivity index (χ1n) is 14.6. The summed E-state index contributed by atoms with van der Waals surface area (Å²) in [6.45, 7) is 6.17. The molecule has 0 heterocycles. The van der Waals surface area contributed by atoms with E-state index in [-0.39, 0.29) is 0 Å². The van der Waals surface area contributed by atoms with Gasteiger partial charge in [0.25, 0.3) is 0 Å². The first-order valence-corrected chi connectivity index (χ1v) is 14.6. The van der Waals surface area contributed by atoms with Crippen molar-refractivity contribution in [3.05, 3.63) is 83.4 Å². The highest BCUT2D eigenvalue weighted by Gasteiger charge is 2.31. The molecule has 0 saturated heterocycles. The molecule has 2 fully saturated rings. The van der Waals surface area contributed by atoms with E-state index in [9.17, 15) is 0 Å². The van der Waals surface area contributed by atoms with Gasteiger partial charge in [0, 0.05) is 11.1 Å². The van der Waals surface area contributed by atoms with Gasteiger partial charge in [-0.3, -0.25) is 0 Å². The topological polar surface area (TPSA) is 0 Å². The van der Waals surface area contributed by atoms with Crippen molar-refractivity contribution < 1.29 is 0 Å². The molecular weight excluding hydrogens is 420 g/mol. The van der Waals surface area contributed by atoms with E-state index in [1.54, 1.807) is 0 Å². The molecule has 0 heteroatoms. The predicted molar refractivity (Wildman–Crippen MR) is 152 cm³/mol. The molecule has 186 valence electrons. The lowest BCUT2D eigenvalue weighted by Gasteiger charge is -2.38. The van der Waals surface area contributed by atoms with Crippen LogP contribution in [0.4, 0.5) is 0 Å². The van der Waals surface area contributed by atoms with E-state index in [4.69, 9.17) is 0 Å². The van der Waals surface area contributed by atoms with E-state index >= 15 is 0 Å². The molecule has 0 aromatic heterocycles. The summed E-state index contributed by atoms with van der Waals surface area (Å²) in [5, 5.41) is 0. The molecule has 2 aliphatic carbocycles. The standard InChI is InChI=1S/C35H46/c1-3-5-7-11-29-14-16-30(17-15-29)20-23-33-12-8-9-13-35(33)34-26-24-32(25-27-34)31-21-18-28(19-22-31)10-6-4-2/h4,8-9,12-17,28,31-32,34H,2-3,5-7,10-11,18-19,21-22,24-27H2,1H3. The van der Waals surface area contributed by atoms with Crippen LogP contribution < -0.4 is 0 Å². The van der Waals surface area contributed by atoms with Gasteiger partial charge in [-0.25, -0.2) is 0 Å². The number of aryl methyl sites for hydroxylation is 1. The molecule has 0 N–H and O–H groups in total. The maximum Gasteiger partial charge on any atom is 0.0283 e. The largest absolute Gasteiger partial charge is 0.103 e. The van der Waals surface area contributed by atoms with Crippen molar-refractivity contribution in [2.45, 2.75) is 103 Å². The molecule has 0 atom stereocenters. The highest BCUT2D eigenvalue weighted by Crippen LogP contribution is 2.44. The Morgan fingerprint density at radius 1 is 0.800 bits per heavy atom. The van der Waals surface area contributed by atoms with Crippen molar-refractivity contribution in [1.29, 1.82) is 0 Å². The number of hydrogen-bond donors (Lipinski definition) is 0. The molecule has 4 rings (SSSR count). The zero-order valence-corrected chi connectivity index (χ0v) is 22.1. The van der Waals surface area contributed by atoms with Gasteiger partial charge >= 0.3 is 0 Å². The molecule has 2 aliphatic rings. The second-order valence-corrected chi connectivity index (χ2v) is 11.2. The maximum atomic E-state index is 3.90. The smallest absolute Gasteiger partial charge is 0.0283 e. The van der Waals surface area contributed by atoms with Gasteiger partial charge < -0.3 is 0 Å². The SMILES string of the molecule is C=CCCC1CCC(C2CCC(c3ccccc3C#Cc3ccc(CCCCC)cc3)CC2)CC1. The van der Waals surface area contributed by atoms with E-state index in [0.29, 0.717) is 5.92 Å². The van der Waals surface area contributed by atoms with Crippen LogP contribution in [0.3, 0.4) is 0 Å². The van der Waals surface area contributed by atoms with Crippen LogP contribution in [0, 0.1) is 29.6 Å². The van der Waals surface area contributed by atoms with E-state index in [0.717, 1.165) is 23.3 Å². The summed E-state index contributed by atoms with van der Waals surface area (Å²) in [6.07, 6.45) is 21.1. The second kappa shape index (κ2) is 13.7. The third kappa shape index (κ3) is 7.61. The molecule has 0 unspecified atom stereocenters. The zero-order valence-electron chi connectivity index (χ0n) is 22.1. The maximum absolute atomic E-state index is 3.90. The fraction of sp³-hybridized carbons (Fsp3) is 0.543. The molecule has 2 aromatic carbocycles. The fourth-order valence-corrected chi connectivity index (χ4v) is 6.64. The molecule has 2 aromatic rings. The zero-order chi connectivity index (χ0) is 24.3. The third-order valence-corrected chi connectivity index (χ3v) is 8.87. The second-order valence-electron chi connectivity index (χ2n) is 11.2. The molecule has 0 spiro atoms. The van der Waals surface area contributed by atoms with Gasteiger partial charge in [-0.15, -0.1) is 6.58 Å². The minimum Gasteiger partial charge on any atom is -0.103 e. The Kier molecular flexibility index (Phi) is 10.1. The molecule has 0 bridgehead atoms.